The third-order valence-corrected chi connectivity index (χ3v) is 12.8. The minimum absolute atomic E-state index is 0.114. The average molecular weight is 808 g/mol. The summed E-state index contributed by atoms with van der Waals surface area (Å²) in [6, 6.07) is 18.8. The predicted octanol–water partition coefficient (Wildman–Crippen LogP) is 4.89. The van der Waals surface area contributed by atoms with E-state index in [9.17, 15) is 24.4 Å². The number of nitrogens with one attached hydrogen (secondary N) is 3. The number of hydrogen-bond donors (Lipinski definition) is 3. The molecular weight excluding hydrogens is 754 g/mol. The van der Waals surface area contributed by atoms with Crippen LogP contribution in [0, 0.1) is 33.9 Å². The van der Waals surface area contributed by atoms with Crippen LogP contribution >= 0.6 is 0 Å². The first-order chi connectivity index (χ1) is 28.2. The number of hydrogen-bond acceptors (Lipinski definition) is 10. The number of amides is 4. The lowest BCUT2D eigenvalue weighted by molar-refractivity contribution is -0.164. The Morgan fingerprint density at radius 3 is 2.14 bits per heavy atom. The molecule has 4 fully saturated rings. The summed E-state index contributed by atoms with van der Waals surface area (Å²) in [6.07, 6.45) is 2.27. The number of imide groups is 1. The van der Waals surface area contributed by atoms with E-state index in [2.05, 4.69) is 64.4 Å². The van der Waals surface area contributed by atoms with Gasteiger partial charge in [0, 0.05) is 92.1 Å². The average Bonchev–Trinajstić information content (AvgIpc) is 3.23. The number of anilines is 2. The highest BCUT2D eigenvalue weighted by atomic mass is 19.1. The van der Waals surface area contributed by atoms with Gasteiger partial charge in [0.1, 0.15) is 35.5 Å². The van der Waals surface area contributed by atoms with Gasteiger partial charge in [-0.05, 0) is 79.8 Å². The van der Waals surface area contributed by atoms with Crippen molar-refractivity contribution in [2.45, 2.75) is 71.6 Å². The Bertz CT molecular complexity index is 2100. The van der Waals surface area contributed by atoms with Gasteiger partial charge in [-0.25, -0.2) is 4.39 Å². The molecule has 4 aliphatic rings. The van der Waals surface area contributed by atoms with Crippen molar-refractivity contribution in [3.05, 3.63) is 83.2 Å². The molecule has 0 aromatic heterocycles. The molecule has 4 amide bonds. The van der Waals surface area contributed by atoms with Gasteiger partial charge in [0.15, 0.2) is 0 Å². The van der Waals surface area contributed by atoms with E-state index in [1.807, 2.05) is 24.3 Å². The fourth-order valence-corrected chi connectivity index (χ4v) is 9.69. The van der Waals surface area contributed by atoms with Gasteiger partial charge in [-0.1, -0.05) is 27.7 Å². The third-order valence-electron chi connectivity index (χ3n) is 12.8. The number of carbonyl (C=O) groups excluding carboxylic acids is 4. The molecule has 3 N–H and O–H groups in total. The van der Waals surface area contributed by atoms with Crippen molar-refractivity contribution in [2.75, 3.05) is 62.7 Å². The number of ether oxygens (including phenoxy) is 2. The summed E-state index contributed by atoms with van der Waals surface area (Å²) in [5.41, 5.74) is 2.04. The Hall–Kier alpha value is -5.68. The molecule has 7 rings (SSSR count). The lowest BCUT2D eigenvalue weighted by Gasteiger charge is -2.63. The number of piperidine rings is 2. The molecular formula is C45H54FN7O6. The molecule has 3 heterocycles. The van der Waals surface area contributed by atoms with Crippen LogP contribution in [0.4, 0.5) is 15.8 Å². The quantitative estimate of drug-likeness (QED) is 0.228. The van der Waals surface area contributed by atoms with Gasteiger partial charge in [0.25, 0.3) is 11.8 Å². The van der Waals surface area contributed by atoms with Gasteiger partial charge in [-0.3, -0.25) is 29.4 Å². The number of rotatable bonds is 11. The van der Waals surface area contributed by atoms with Crippen LogP contribution in [-0.2, 0) is 9.59 Å². The SMILES string of the molecule is COc1cc(OC2C(C)(C)C(NC(=O)c3ccc(N4CCC(CN5CCN(c6ccc(C(=O)N[C@@H]7CCC(=O)NC7=O)c(F)c6)CC5)CC4)cc3)C2(C)C)ccc1C#N. The zero-order valence-corrected chi connectivity index (χ0v) is 34.5. The molecule has 1 aliphatic carbocycles. The molecule has 13 nitrogen and oxygen atoms in total. The molecule has 312 valence electrons. The first-order valence-corrected chi connectivity index (χ1v) is 20.5. The predicted molar refractivity (Wildman–Crippen MR) is 221 cm³/mol. The minimum Gasteiger partial charge on any atom is -0.495 e. The van der Waals surface area contributed by atoms with Crippen LogP contribution in [0.2, 0.25) is 0 Å². The fraction of sp³-hybridized carbons (Fsp3) is 0.489. The van der Waals surface area contributed by atoms with Crippen LogP contribution in [0.15, 0.2) is 60.7 Å². The molecule has 3 saturated heterocycles. The second kappa shape index (κ2) is 16.9. The highest BCUT2D eigenvalue weighted by molar-refractivity contribution is 6.04. The Kier molecular flexibility index (Phi) is 11.9. The smallest absolute Gasteiger partial charge is 0.254 e. The van der Waals surface area contributed by atoms with E-state index in [0.717, 1.165) is 64.3 Å². The summed E-state index contributed by atoms with van der Waals surface area (Å²) in [4.78, 5) is 56.6. The van der Waals surface area contributed by atoms with Crippen LogP contribution in [0.5, 0.6) is 11.5 Å². The number of benzene rings is 3. The maximum atomic E-state index is 15.1. The Morgan fingerprint density at radius 2 is 1.51 bits per heavy atom. The topological polar surface area (TPSA) is 156 Å². The molecule has 0 bridgehead atoms. The van der Waals surface area contributed by atoms with Crippen molar-refractivity contribution >= 4 is 35.0 Å². The van der Waals surface area contributed by atoms with Gasteiger partial charge < -0.3 is 29.9 Å². The minimum atomic E-state index is -0.864. The van der Waals surface area contributed by atoms with E-state index < -0.39 is 23.7 Å². The second-order valence-electron chi connectivity index (χ2n) is 17.4. The highest BCUT2D eigenvalue weighted by Crippen LogP contribution is 2.55. The summed E-state index contributed by atoms with van der Waals surface area (Å²) >= 11 is 0. The van der Waals surface area contributed by atoms with Gasteiger partial charge in [-0.15, -0.1) is 0 Å². The van der Waals surface area contributed by atoms with E-state index in [0.29, 0.717) is 34.2 Å². The van der Waals surface area contributed by atoms with Crippen molar-refractivity contribution in [1.82, 2.24) is 20.9 Å². The summed E-state index contributed by atoms with van der Waals surface area (Å²) < 4.78 is 26.9. The summed E-state index contributed by atoms with van der Waals surface area (Å²) in [5, 5.41) is 17.4. The van der Waals surface area contributed by atoms with E-state index in [4.69, 9.17) is 9.47 Å². The zero-order valence-electron chi connectivity index (χ0n) is 34.5. The molecule has 3 aromatic rings. The molecule has 1 atom stereocenters. The Balaban J connectivity index is 0.844. The van der Waals surface area contributed by atoms with E-state index in [1.54, 1.807) is 24.3 Å². The van der Waals surface area contributed by atoms with Crippen LogP contribution in [0.1, 0.15) is 79.7 Å². The molecule has 14 heteroatoms. The molecule has 3 aliphatic heterocycles. The van der Waals surface area contributed by atoms with Crippen LogP contribution in [0.3, 0.4) is 0 Å². The third kappa shape index (κ3) is 8.71. The standard InChI is InChI=1S/C45H54FN7O6/c1-44(2)42(45(3,4)43(44)59-33-12-8-30(26-47)37(25-33)58-5)50-39(55)29-6-9-31(10-7-29)52-18-16-28(17-19-52)27-51-20-22-53(23-21-51)32-11-13-34(35(46)24-32)40(56)48-36-14-15-38(54)49-41(36)57/h6-13,24-25,28,36,42-43H,14-23,27H2,1-5H3,(H,48,56)(H,50,55)(H,49,54,57)/t36-,42?,43?/m1/s1. The molecule has 0 radical (unpaired) electrons. The van der Waals surface area contributed by atoms with Crippen LogP contribution < -0.4 is 35.2 Å². The van der Waals surface area contributed by atoms with Crippen molar-refractivity contribution in [3.8, 4) is 17.6 Å². The Labute approximate surface area is 345 Å². The summed E-state index contributed by atoms with van der Waals surface area (Å²) in [5.74, 6) is -0.738. The summed E-state index contributed by atoms with van der Waals surface area (Å²) in [6.45, 7) is 14.5. The first kappa shape index (κ1) is 41.5. The molecule has 1 saturated carbocycles. The van der Waals surface area contributed by atoms with Gasteiger partial charge >= 0.3 is 0 Å². The lowest BCUT2D eigenvalue weighted by Crippen LogP contribution is -2.74. The Morgan fingerprint density at radius 1 is 0.847 bits per heavy atom. The molecule has 0 unspecified atom stereocenters. The van der Waals surface area contributed by atoms with E-state index in [-0.39, 0.29) is 53.2 Å². The van der Waals surface area contributed by atoms with Crippen molar-refractivity contribution in [1.29, 1.82) is 5.26 Å². The number of piperazine rings is 1. The van der Waals surface area contributed by atoms with Crippen LogP contribution in [-0.4, -0.2) is 99.6 Å². The maximum Gasteiger partial charge on any atom is 0.254 e. The maximum absolute atomic E-state index is 15.1. The zero-order chi connectivity index (χ0) is 42.1. The van der Waals surface area contributed by atoms with E-state index >= 15 is 4.39 Å². The fourth-order valence-electron chi connectivity index (χ4n) is 9.69. The number of nitriles is 1. The molecule has 0 spiro atoms. The van der Waals surface area contributed by atoms with Gasteiger partial charge in [0.05, 0.1) is 18.2 Å². The van der Waals surface area contributed by atoms with Crippen molar-refractivity contribution in [2.24, 2.45) is 16.7 Å². The van der Waals surface area contributed by atoms with Crippen molar-refractivity contribution in [3.63, 3.8) is 0 Å². The van der Waals surface area contributed by atoms with Crippen LogP contribution in [0.25, 0.3) is 0 Å². The van der Waals surface area contributed by atoms with Gasteiger partial charge in [0.2, 0.25) is 11.8 Å². The van der Waals surface area contributed by atoms with Crippen molar-refractivity contribution < 1.29 is 33.0 Å². The molecule has 59 heavy (non-hydrogen) atoms. The summed E-state index contributed by atoms with van der Waals surface area (Å²) in [7, 11) is 1.53. The number of carbonyl (C=O) groups is 4. The molecule has 3 aromatic carbocycles. The first-order valence-electron chi connectivity index (χ1n) is 20.5. The number of methoxy groups -OCH3 is 1. The normalized spacial score (nSPS) is 23.0. The van der Waals surface area contributed by atoms with E-state index in [1.165, 1.54) is 19.2 Å². The number of nitrogens with zero attached hydrogens (tertiary/aromatic N) is 4. The van der Waals surface area contributed by atoms with Gasteiger partial charge in [-0.2, -0.15) is 5.26 Å². The largest absolute Gasteiger partial charge is 0.495 e. The lowest BCUT2D eigenvalue weighted by atomic mass is 9.49. The monoisotopic (exact) mass is 807 g/mol. The number of halogens is 1. The highest BCUT2D eigenvalue weighted by Gasteiger charge is 2.64. The second-order valence-corrected chi connectivity index (χ2v) is 17.4.